The first-order valence-electron chi connectivity index (χ1n) is 8.02. The molecule has 0 spiro atoms. The Bertz CT molecular complexity index is 582. The first-order valence-corrected chi connectivity index (χ1v) is 8.02. The van der Waals surface area contributed by atoms with Crippen LogP contribution < -0.4 is 14.8 Å². The Labute approximate surface area is 135 Å². The third kappa shape index (κ3) is 3.75. The Balaban J connectivity index is 1.51. The van der Waals surface area contributed by atoms with E-state index in [1.807, 2.05) is 6.07 Å². The Hall–Kier alpha value is -2.24. The molecule has 1 N–H and O–H groups in total. The lowest BCUT2D eigenvalue weighted by molar-refractivity contribution is -0.160. The van der Waals surface area contributed by atoms with Crippen LogP contribution in [0, 0.1) is 0 Å². The summed E-state index contributed by atoms with van der Waals surface area (Å²) in [7, 11) is 0. The van der Waals surface area contributed by atoms with Gasteiger partial charge < -0.3 is 19.5 Å². The van der Waals surface area contributed by atoms with Gasteiger partial charge in [-0.05, 0) is 31.9 Å². The number of hydrogen-bond donors (Lipinski definition) is 1. The molecule has 124 valence electrons. The fourth-order valence-electron chi connectivity index (χ4n) is 2.94. The summed E-state index contributed by atoms with van der Waals surface area (Å²) < 4.78 is 16.4. The number of benzene rings is 1. The Kier molecular flexibility index (Phi) is 4.69. The minimum Gasteiger partial charge on any atom is -0.482 e. The molecule has 0 saturated heterocycles. The molecule has 6 nitrogen and oxygen atoms in total. The molecule has 2 aliphatic rings. The van der Waals surface area contributed by atoms with Crippen LogP contribution in [-0.4, -0.2) is 36.7 Å². The quantitative estimate of drug-likeness (QED) is 0.857. The molecule has 1 heterocycles. The molecular formula is C17H21NO5. The van der Waals surface area contributed by atoms with Gasteiger partial charge in [-0.3, -0.25) is 4.79 Å². The van der Waals surface area contributed by atoms with Gasteiger partial charge in [0.15, 0.2) is 18.1 Å². The van der Waals surface area contributed by atoms with Crippen molar-refractivity contribution in [2.24, 2.45) is 0 Å². The van der Waals surface area contributed by atoms with Crippen molar-refractivity contribution in [3.8, 4) is 11.5 Å². The van der Waals surface area contributed by atoms with Crippen LogP contribution in [0.1, 0.15) is 32.6 Å². The Morgan fingerprint density at radius 1 is 1.17 bits per heavy atom. The van der Waals surface area contributed by atoms with E-state index in [9.17, 15) is 9.59 Å². The van der Waals surface area contributed by atoms with E-state index in [1.165, 1.54) is 0 Å². The van der Waals surface area contributed by atoms with E-state index in [0.29, 0.717) is 11.5 Å². The summed E-state index contributed by atoms with van der Waals surface area (Å²) in [6, 6.07) is 7.36. The fourth-order valence-corrected chi connectivity index (χ4v) is 2.94. The second-order valence-electron chi connectivity index (χ2n) is 5.96. The zero-order valence-electron chi connectivity index (χ0n) is 13.1. The predicted molar refractivity (Wildman–Crippen MR) is 82.3 cm³/mol. The number of carbonyl (C=O) groups is 2. The van der Waals surface area contributed by atoms with E-state index in [4.69, 9.17) is 14.2 Å². The van der Waals surface area contributed by atoms with Crippen molar-refractivity contribution in [1.82, 2.24) is 5.32 Å². The molecular weight excluding hydrogens is 298 g/mol. The van der Waals surface area contributed by atoms with Crippen molar-refractivity contribution < 1.29 is 23.8 Å². The largest absolute Gasteiger partial charge is 0.482 e. The molecule has 3 rings (SSSR count). The van der Waals surface area contributed by atoms with Crippen molar-refractivity contribution in [2.75, 3.05) is 6.61 Å². The van der Waals surface area contributed by atoms with Crippen LogP contribution in [0.3, 0.4) is 0 Å². The summed E-state index contributed by atoms with van der Waals surface area (Å²) in [5, 5.41) is 2.88. The highest BCUT2D eigenvalue weighted by atomic mass is 16.6. The Morgan fingerprint density at radius 3 is 2.52 bits per heavy atom. The van der Waals surface area contributed by atoms with E-state index >= 15 is 0 Å². The van der Waals surface area contributed by atoms with Crippen molar-refractivity contribution in [3.63, 3.8) is 0 Å². The van der Waals surface area contributed by atoms with Crippen molar-refractivity contribution in [2.45, 2.75) is 50.9 Å². The molecule has 1 amide bonds. The smallest absolute Gasteiger partial charge is 0.351 e. The molecule has 1 fully saturated rings. The molecule has 1 aliphatic carbocycles. The highest BCUT2D eigenvalue weighted by molar-refractivity contribution is 5.82. The summed E-state index contributed by atoms with van der Waals surface area (Å²) in [5.41, 5.74) is 0. The number of para-hydroxylation sites is 2. The second-order valence-corrected chi connectivity index (χ2v) is 5.96. The van der Waals surface area contributed by atoms with Gasteiger partial charge in [0, 0.05) is 6.04 Å². The summed E-state index contributed by atoms with van der Waals surface area (Å²) in [6.45, 7) is 1.45. The van der Waals surface area contributed by atoms with Gasteiger partial charge in [0.1, 0.15) is 6.10 Å². The lowest BCUT2D eigenvalue weighted by Crippen LogP contribution is -2.45. The van der Waals surface area contributed by atoms with Gasteiger partial charge in [-0.25, -0.2) is 4.79 Å². The maximum atomic E-state index is 12.2. The van der Waals surface area contributed by atoms with Crippen molar-refractivity contribution >= 4 is 11.9 Å². The van der Waals surface area contributed by atoms with Gasteiger partial charge in [-0.15, -0.1) is 0 Å². The number of carbonyl (C=O) groups excluding carboxylic acids is 2. The summed E-state index contributed by atoms with van der Waals surface area (Å²) >= 11 is 0. The van der Waals surface area contributed by atoms with Gasteiger partial charge >= 0.3 is 5.97 Å². The van der Waals surface area contributed by atoms with Crippen LogP contribution >= 0.6 is 0 Å². The van der Waals surface area contributed by atoms with Gasteiger partial charge in [0.25, 0.3) is 5.91 Å². The van der Waals surface area contributed by atoms with Crippen LogP contribution in [0.2, 0.25) is 0 Å². The van der Waals surface area contributed by atoms with Crippen LogP contribution in [0.25, 0.3) is 0 Å². The summed E-state index contributed by atoms with van der Waals surface area (Å²) in [6.07, 6.45) is 2.91. The van der Waals surface area contributed by atoms with Crippen molar-refractivity contribution in [1.29, 1.82) is 0 Å². The lowest BCUT2D eigenvalue weighted by atomic mass is 10.2. The third-order valence-corrected chi connectivity index (χ3v) is 4.14. The maximum absolute atomic E-state index is 12.2. The molecule has 2 atom stereocenters. The number of rotatable bonds is 4. The molecule has 23 heavy (non-hydrogen) atoms. The first-order chi connectivity index (χ1) is 11.1. The lowest BCUT2D eigenvalue weighted by Gasteiger charge is -2.30. The Morgan fingerprint density at radius 2 is 1.83 bits per heavy atom. The predicted octanol–water partition coefficient (Wildman–Crippen LogP) is 1.82. The van der Waals surface area contributed by atoms with Gasteiger partial charge in [-0.2, -0.15) is 0 Å². The number of esters is 1. The number of amides is 1. The van der Waals surface area contributed by atoms with E-state index in [2.05, 4.69) is 5.32 Å². The minimum atomic E-state index is -0.871. The minimum absolute atomic E-state index is 0.210. The topological polar surface area (TPSA) is 73.9 Å². The van der Waals surface area contributed by atoms with Crippen LogP contribution in [0.15, 0.2) is 24.3 Å². The molecule has 6 heteroatoms. The van der Waals surface area contributed by atoms with E-state index < -0.39 is 18.2 Å². The highest BCUT2D eigenvalue weighted by Crippen LogP contribution is 2.33. The van der Waals surface area contributed by atoms with Crippen LogP contribution in [-0.2, 0) is 14.3 Å². The molecule has 0 bridgehead atoms. The summed E-state index contributed by atoms with van der Waals surface area (Å²) in [4.78, 5) is 24.0. The molecule has 1 aliphatic heterocycles. The normalized spacial score (nSPS) is 23.3. The van der Waals surface area contributed by atoms with Gasteiger partial charge in [0.2, 0.25) is 6.10 Å². The average molecular weight is 319 g/mol. The molecule has 0 unspecified atom stereocenters. The highest BCUT2D eigenvalue weighted by Gasteiger charge is 2.35. The molecule has 1 aromatic carbocycles. The number of ether oxygens (including phenoxy) is 3. The van der Waals surface area contributed by atoms with Crippen LogP contribution in [0.4, 0.5) is 0 Å². The first kappa shape index (κ1) is 15.6. The van der Waals surface area contributed by atoms with E-state index in [0.717, 1.165) is 25.7 Å². The van der Waals surface area contributed by atoms with E-state index in [-0.39, 0.29) is 18.6 Å². The summed E-state index contributed by atoms with van der Waals surface area (Å²) in [5.74, 6) is 0.245. The molecule has 1 saturated carbocycles. The SMILES string of the molecule is C[C@H]1Oc2ccccc2O[C@@H]1C(=O)OCC(=O)NC1CCCC1. The van der Waals surface area contributed by atoms with Crippen molar-refractivity contribution in [3.05, 3.63) is 24.3 Å². The van der Waals surface area contributed by atoms with Crippen LogP contribution in [0.5, 0.6) is 11.5 Å². The maximum Gasteiger partial charge on any atom is 0.351 e. The molecule has 0 aromatic heterocycles. The third-order valence-electron chi connectivity index (χ3n) is 4.14. The second kappa shape index (κ2) is 6.89. The number of nitrogens with one attached hydrogen (secondary N) is 1. The number of hydrogen-bond acceptors (Lipinski definition) is 5. The zero-order chi connectivity index (χ0) is 16.2. The van der Waals surface area contributed by atoms with E-state index in [1.54, 1.807) is 25.1 Å². The standard InChI is InChI=1S/C17H21NO5/c1-11-16(23-14-9-5-4-8-13(14)22-11)17(20)21-10-15(19)18-12-6-2-3-7-12/h4-5,8-9,11-12,16H,2-3,6-7,10H2,1H3,(H,18,19)/t11-,16+/m1/s1. The molecule has 0 radical (unpaired) electrons. The zero-order valence-corrected chi connectivity index (χ0v) is 13.1. The molecule has 1 aromatic rings. The number of fused-ring (bicyclic) bond motifs is 1. The monoisotopic (exact) mass is 319 g/mol. The average Bonchev–Trinajstić information content (AvgIpc) is 3.05. The van der Waals surface area contributed by atoms with Gasteiger partial charge in [0.05, 0.1) is 0 Å². The van der Waals surface area contributed by atoms with Gasteiger partial charge in [-0.1, -0.05) is 25.0 Å². The fraction of sp³-hybridized carbons (Fsp3) is 0.529.